The molecule has 0 spiro atoms. The molecule has 0 saturated heterocycles. The van der Waals surface area contributed by atoms with Crippen molar-refractivity contribution in [3.05, 3.63) is 51.7 Å². The highest BCUT2D eigenvalue weighted by Crippen LogP contribution is 2.17. The molecule has 0 unspecified atom stereocenters. The Morgan fingerprint density at radius 3 is 2.82 bits per heavy atom. The maximum absolute atomic E-state index is 12.8. The summed E-state index contributed by atoms with van der Waals surface area (Å²) >= 11 is 0. The molecule has 4 nitrogen and oxygen atoms in total. The zero-order valence-electron chi connectivity index (χ0n) is 9.07. The lowest BCUT2D eigenvalue weighted by atomic mass is 10.1. The first kappa shape index (κ1) is 10.3. The summed E-state index contributed by atoms with van der Waals surface area (Å²) < 4.78 is 19.8. The summed E-state index contributed by atoms with van der Waals surface area (Å²) in [6, 6.07) is 6.03. The molecule has 0 bridgehead atoms. The van der Waals surface area contributed by atoms with Crippen LogP contribution >= 0.6 is 0 Å². The maximum Gasteiger partial charge on any atom is 0.270 e. The first-order valence-electron chi connectivity index (χ1n) is 5.42. The van der Waals surface area contributed by atoms with E-state index >= 15 is 0 Å². The van der Waals surface area contributed by atoms with Crippen LogP contribution in [0.4, 0.5) is 4.39 Å². The van der Waals surface area contributed by atoms with Gasteiger partial charge in [0.1, 0.15) is 5.82 Å². The molecule has 5 heteroatoms. The van der Waals surface area contributed by atoms with Crippen LogP contribution in [0, 0.1) is 5.82 Å². The largest absolute Gasteiger partial charge is 0.376 e. The summed E-state index contributed by atoms with van der Waals surface area (Å²) in [5, 5.41) is 2.75. The average Bonchev–Trinajstić information content (AvgIpc) is 2.69. The van der Waals surface area contributed by atoms with Gasteiger partial charge < -0.3 is 4.74 Å². The fourth-order valence-corrected chi connectivity index (χ4v) is 2.07. The monoisotopic (exact) mass is 234 g/mol. The number of halogens is 1. The van der Waals surface area contributed by atoms with E-state index in [2.05, 4.69) is 5.10 Å². The van der Waals surface area contributed by atoms with E-state index in [1.54, 1.807) is 16.8 Å². The summed E-state index contributed by atoms with van der Waals surface area (Å²) in [5.74, 6) is -0.291. The lowest BCUT2D eigenvalue weighted by molar-refractivity contribution is 0.109. The molecule has 0 saturated carbocycles. The molecule has 0 fully saturated rings. The summed E-state index contributed by atoms with van der Waals surface area (Å²) in [5.41, 5.74) is 2.21. The Hall–Kier alpha value is -1.88. The van der Waals surface area contributed by atoms with E-state index in [1.165, 1.54) is 12.1 Å². The third-order valence-corrected chi connectivity index (χ3v) is 2.92. The average molecular weight is 234 g/mol. The number of hydrogen-bond acceptors (Lipinski definition) is 2. The van der Waals surface area contributed by atoms with Gasteiger partial charge in [-0.15, -0.1) is 0 Å². The van der Waals surface area contributed by atoms with Gasteiger partial charge in [-0.25, -0.2) is 4.39 Å². The predicted molar refractivity (Wildman–Crippen MR) is 59.7 cm³/mol. The van der Waals surface area contributed by atoms with E-state index in [4.69, 9.17) is 4.74 Å². The number of fused-ring (bicyclic) bond motifs is 1. The number of benzene rings is 1. The Morgan fingerprint density at radius 2 is 2.06 bits per heavy atom. The standard InChI is InChI=1S/C12H11FN2O2/c13-8-1-3-9(4-2-8)15-11-5-6-17-7-10(11)12(16)14-15/h1-4H,5-7H2,(H,14,16). The molecule has 17 heavy (non-hydrogen) atoms. The van der Waals surface area contributed by atoms with Gasteiger partial charge in [-0.2, -0.15) is 0 Å². The van der Waals surface area contributed by atoms with Crippen molar-refractivity contribution in [2.45, 2.75) is 13.0 Å². The van der Waals surface area contributed by atoms with Crippen molar-refractivity contribution in [2.75, 3.05) is 6.61 Å². The van der Waals surface area contributed by atoms with Gasteiger partial charge in [0.05, 0.1) is 30.2 Å². The van der Waals surface area contributed by atoms with Gasteiger partial charge in [-0.3, -0.25) is 14.6 Å². The molecule has 1 aliphatic rings. The highest BCUT2D eigenvalue weighted by atomic mass is 19.1. The predicted octanol–water partition coefficient (Wildman–Crippen LogP) is 1.38. The Balaban J connectivity index is 2.15. The third-order valence-electron chi connectivity index (χ3n) is 2.92. The van der Waals surface area contributed by atoms with Gasteiger partial charge in [-0.05, 0) is 24.3 Å². The fraction of sp³-hybridized carbons (Fsp3) is 0.250. The van der Waals surface area contributed by atoms with Crippen molar-refractivity contribution in [1.29, 1.82) is 0 Å². The highest BCUT2D eigenvalue weighted by molar-refractivity contribution is 5.35. The molecule has 1 aliphatic heterocycles. The quantitative estimate of drug-likeness (QED) is 0.810. The van der Waals surface area contributed by atoms with Crippen LogP contribution in [0.2, 0.25) is 0 Å². The minimum Gasteiger partial charge on any atom is -0.376 e. The van der Waals surface area contributed by atoms with Crippen molar-refractivity contribution in [3.8, 4) is 5.69 Å². The van der Waals surface area contributed by atoms with E-state index < -0.39 is 0 Å². The Morgan fingerprint density at radius 1 is 1.29 bits per heavy atom. The van der Waals surface area contributed by atoms with Gasteiger partial charge >= 0.3 is 0 Å². The number of ether oxygens (including phenoxy) is 1. The first-order valence-corrected chi connectivity index (χ1v) is 5.42. The number of aromatic amines is 1. The highest BCUT2D eigenvalue weighted by Gasteiger charge is 2.19. The number of nitrogens with zero attached hydrogens (tertiary/aromatic N) is 1. The minimum absolute atomic E-state index is 0.135. The van der Waals surface area contributed by atoms with Crippen molar-refractivity contribution in [1.82, 2.24) is 9.78 Å². The summed E-state index contributed by atoms with van der Waals surface area (Å²) in [4.78, 5) is 11.7. The number of hydrogen-bond donors (Lipinski definition) is 1. The van der Waals surface area contributed by atoms with Crippen molar-refractivity contribution >= 4 is 0 Å². The molecule has 0 aliphatic carbocycles. The molecule has 1 aromatic carbocycles. The second-order valence-electron chi connectivity index (χ2n) is 3.98. The minimum atomic E-state index is -0.291. The molecule has 0 radical (unpaired) electrons. The zero-order valence-corrected chi connectivity index (χ0v) is 9.07. The number of aromatic nitrogens is 2. The normalized spacial score (nSPS) is 14.6. The molecular weight excluding hydrogens is 223 g/mol. The van der Waals surface area contributed by atoms with Crippen LogP contribution in [0.3, 0.4) is 0 Å². The molecule has 88 valence electrons. The van der Waals surface area contributed by atoms with E-state index in [0.29, 0.717) is 25.2 Å². The van der Waals surface area contributed by atoms with Crippen LogP contribution in [0.15, 0.2) is 29.1 Å². The molecule has 2 heterocycles. The SMILES string of the molecule is O=c1[nH]n(-c2ccc(F)cc2)c2c1COCC2. The Bertz CT molecular complexity index is 598. The topological polar surface area (TPSA) is 47.0 Å². The zero-order chi connectivity index (χ0) is 11.8. The van der Waals surface area contributed by atoms with Gasteiger partial charge in [-0.1, -0.05) is 0 Å². The number of rotatable bonds is 1. The first-order chi connectivity index (χ1) is 8.25. The van der Waals surface area contributed by atoms with Crippen molar-refractivity contribution < 1.29 is 9.13 Å². The van der Waals surface area contributed by atoms with Crippen LogP contribution in [-0.2, 0) is 17.8 Å². The molecule has 3 rings (SSSR count). The van der Waals surface area contributed by atoms with Crippen LogP contribution in [0.25, 0.3) is 5.69 Å². The fourth-order valence-electron chi connectivity index (χ4n) is 2.07. The van der Waals surface area contributed by atoms with Crippen molar-refractivity contribution in [2.24, 2.45) is 0 Å². The van der Waals surface area contributed by atoms with E-state index in [1.807, 2.05) is 0 Å². The van der Waals surface area contributed by atoms with Crippen molar-refractivity contribution in [3.63, 3.8) is 0 Å². The summed E-state index contributed by atoms with van der Waals surface area (Å²) in [7, 11) is 0. The second-order valence-corrected chi connectivity index (χ2v) is 3.98. The number of nitrogens with one attached hydrogen (secondary N) is 1. The molecule has 1 N–H and O–H groups in total. The Labute approximate surface area is 96.6 Å². The van der Waals surface area contributed by atoms with Gasteiger partial charge in [0.25, 0.3) is 5.56 Å². The van der Waals surface area contributed by atoms with Crippen LogP contribution < -0.4 is 5.56 Å². The summed E-state index contributed by atoms with van der Waals surface area (Å²) in [6.45, 7) is 0.949. The second kappa shape index (κ2) is 3.85. The number of H-pyrrole nitrogens is 1. The maximum atomic E-state index is 12.8. The van der Waals surface area contributed by atoms with Crippen LogP contribution in [0.1, 0.15) is 11.3 Å². The molecular formula is C12H11FN2O2. The van der Waals surface area contributed by atoms with E-state index in [-0.39, 0.29) is 11.4 Å². The van der Waals surface area contributed by atoms with Crippen LogP contribution in [0.5, 0.6) is 0 Å². The Kier molecular flexibility index (Phi) is 2.33. The lowest BCUT2D eigenvalue weighted by Gasteiger charge is -2.14. The van der Waals surface area contributed by atoms with E-state index in [0.717, 1.165) is 11.4 Å². The van der Waals surface area contributed by atoms with Gasteiger partial charge in [0.2, 0.25) is 0 Å². The molecule has 1 aromatic heterocycles. The van der Waals surface area contributed by atoms with Gasteiger partial charge in [0, 0.05) is 6.42 Å². The molecule has 0 amide bonds. The van der Waals surface area contributed by atoms with E-state index in [9.17, 15) is 9.18 Å². The van der Waals surface area contributed by atoms with Crippen LogP contribution in [-0.4, -0.2) is 16.4 Å². The molecule has 2 aromatic rings. The smallest absolute Gasteiger partial charge is 0.270 e. The molecule has 0 atom stereocenters. The lowest BCUT2D eigenvalue weighted by Crippen LogP contribution is -2.15. The van der Waals surface area contributed by atoms with Gasteiger partial charge in [0.15, 0.2) is 0 Å². The summed E-state index contributed by atoms with van der Waals surface area (Å²) in [6.07, 6.45) is 0.686. The third kappa shape index (κ3) is 1.68.